The number of benzene rings is 1. The van der Waals surface area contributed by atoms with Gasteiger partial charge in [-0.15, -0.1) is 11.3 Å². The minimum Gasteiger partial charge on any atom is -0.496 e. The Morgan fingerprint density at radius 3 is 2.54 bits per heavy atom. The molecule has 0 aliphatic heterocycles. The van der Waals surface area contributed by atoms with Crippen molar-refractivity contribution < 1.29 is 9.57 Å². The van der Waals surface area contributed by atoms with Gasteiger partial charge in [0, 0.05) is 22.1 Å². The lowest BCUT2D eigenvalue weighted by atomic mass is 9.93. The number of hydrogen-bond acceptors (Lipinski definition) is 4. The molecule has 0 fully saturated rings. The van der Waals surface area contributed by atoms with E-state index in [1.165, 1.54) is 17.7 Å². The Hall–Kier alpha value is -1.79. The van der Waals surface area contributed by atoms with Gasteiger partial charge in [0.1, 0.15) is 12.9 Å². The van der Waals surface area contributed by atoms with E-state index in [1.54, 1.807) is 30.6 Å². The number of thiazole rings is 1. The zero-order valence-corrected chi connectivity index (χ0v) is 19.4. The van der Waals surface area contributed by atoms with Crippen LogP contribution in [0.15, 0.2) is 28.3 Å². The van der Waals surface area contributed by atoms with Crippen LogP contribution in [0, 0.1) is 6.92 Å². The Kier molecular flexibility index (Phi) is 7.72. The van der Waals surface area contributed by atoms with Gasteiger partial charge in [-0.2, -0.15) is 4.99 Å². The standard InChI is InChI=1S/C21H30ClN3O2S/c1-8-9-12-25-14(2)18(21(3,4)5)28-20(25)23-19(24-27-7)16-13-15(22)10-11-17(16)26-6/h10-11,13H,8-9,12H2,1-7H3/b23-20-,24-19+. The fourth-order valence-corrected chi connectivity index (χ4v) is 4.40. The molecule has 0 amide bonds. The van der Waals surface area contributed by atoms with Gasteiger partial charge in [-0.1, -0.05) is 50.9 Å². The molecule has 1 aromatic heterocycles. The third-order valence-electron chi connectivity index (χ3n) is 4.36. The first-order chi connectivity index (χ1) is 13.2. The van der Waals surface area contributed by atoms with Gasteiger partial charge >= 0.3 is 0 Å². The summed E-state index contributed by atoms with van der Waals surface area (Å²) in [7, 11) is 3.13. The second-order valence-corrected chi connectivity index (χ2v) is 9.02. The topological polar surface area (TPSA) is 48.1 Å². The predicted molar refractivity (Wildman–Crippen MR) is 118 cm³/mol. The van der Waals surface area contributed by atoms with Gasteiger partial charge in [0.25, 0.3) is 0 Å². The highest BCUT2D eigenvalue weighted by atomic mass is 35.5. The van der Waals surface area contributed by atoms with Gasteiger partial charge in [0.05, 0.1) is 12.7 Å². The molecule has 1 heterocycles. The molecular formula is C21H30ClN3O2S. The zero-order valence-electron chi connectivity index (χ0n) is 17.8. The third kappa shape index (κ3) is 5.17. The van der Waals surface area contributed by atoms with Crippen molar-refractivity contribution in [1.82, 2.24) is 4.57 Å². The van der Waals surface area contributed by atoms with Crippen molar-refractivity contribution in [3.05, 3.63) is 44.2 Å². The monoisotopic (exact) mass is 423 g/mol. The van der Waals surface area contributed by atoms with Crippen LogP contribution in [0.2, 0.25) is 5.02 Å². The number of amidine groups is 1. The first-order valence-electron chi connectivity index (χ1n) is 9.43. The summed E-state index contributed by atoms with van der Waals surface area (Å²) >= 11 is 7.91. The van der Waals surface area contributed by atoms with E-state index in [9.17, 15) is 0 Å². The van der Waals surface area contributed by atoms with Gasteiger partial charge in [-0.05, 0) is 37.0 Å². The lowest BCUT2D eigenvalue weighted by molar-refractivity contribution is 0.213. The van der Waals surface area contributed by atoms with Crippen LogP contribution in [0.5, 0.6) is 5.75 Å². The molecule has 1 aromatic carbocycles. The molecule has 0 saturated heterocycles. The minimum atomic E-state index is 0.0444. The van der Waals surface area contributed by atoms with E-state index in [-0.39, 0.29) is 5.41 Å². The number of methoxy groups -OCH3 is 1. The van der Waals surface area contributed by atoms with Crippen LogP contribution in [0.4, 0.5) is 0 Å². The van der Waals surface area contributed by atoms with Crippen molar-refractivity contribution in [3.8, 4) is 5.75 Å². The SMILES string of the molecule is CCCCn1c(C)c(C(C)(C)C)s/c1=N\C(=N\OC)c1cc(Cl)ccc1OC. The van der Waals surface area contributed by atoms with Crippen molar-refractivity contribution in [2.45, 2.75) is 59.4 Å². The number of rotatable bonds is 6. The molecule has 0 radical (unpaired) electrons. The first kappa shape index (κ1) is 22.5. The lowest BCUT2D eigenvalue weighted by Crippen LogP contribution is -2.19. The summed E-state index contributed by atoms with van der Waals surface area (Å²) in [6.07, 6.45) is 2.21. The number of unbranched alkanes of at least 4 members (excludes halogenated alkanes) is 1. The van der Waals surface area contributed by atoms with Gasteiger partial charge < -0.3 is 14.1 Å². The van der Waals surface area contributed by atoms with Crippen LogP contribution < -0.4 is 9.54 Å². The Bertz CT molecular complexity index is 907. The largest absolute Gasteiger partial charge is 0.496 e. The van der Waals surface area contributed by atoms with Crippen molar-refractivity contribution in [1.29, 1.82) is 0 Å². The van der Waals surface area contributed by atoms with Gasteiger partial charge in [0.2, 0.25) is 5.84 Å². The van der Waals surface area contributed by atoms with Gasteiger partial charge in [0.15, 0.2) is 4.80 Å². The van der Waals surface area contributed by atoms with Crippen molar-refractivity contribution in [2.75, 3.05) is 14.2 Å². The Balaban J connectivity index is 2.72. The van der Waals surface area contributed by atoms with Crippen LogP contribution >= 0.6 is 22.9 Å². The molecule has 0 saturated carbocycles. The maximum absolute atomic E-state index is 6.21. The van der Waals surface area contributed by atoms with E-state index in [0.717, 1.165) is 24.2 Å². The molecule has 0 unspecified atom stereocenters. The van der Waals surface area contributed by atoms with Gasteiger partial charge in [-0.25, -0.2) is 0 Å². The number of halogens is 1. The van der Waals surface area contributed by atoms with E-state index < -0.39 is 0 Å². The van der Waals surface area contributed by atoms with E-state index in [4.69, 9.17) is 26.2 Å². The van der Waals surface area contributed by atoms with Crippen LogP contribution in [-0.4, -0.2) is 24.6 Å². The summed E-state index contributed by atoms with van der Waals surface area (Å²) in [6.45, 7) is 12.0. The lowest BCUT2D eigenvalue weighted by Gasteiger charge is -2.17. The van der Waals surface area contributed by atoms with Crippen LogP contribution in [-0.2, 0) is 16.8 Å². The molecule has 2 rings (SSSR count). The molecule has 0 bridgehead atoms. The second kappa shape index (κ2) is 9.61. The Morgan fingerprint density at radius 1 is 1.25 bits per heavy atom. The predicted octanol–water partition coefficient (Wildman–Crippen LogP) is 5.53. The maximum atomic E-state index is 6.21. The minimum absolute atomic E-state index is 0.0444. The highest BCUT2D eigenvalue weighted by Crippen LogP contribution is 2.29. The molecule has 2 aromatic rings. The molecule has 154 valence electrons. The van der Waals surface area contributed by atoms with Crippen molar-refractivity contribution in [3.63, 3.8) is 0 Å². The second-order valence-electron chi connectivity index (χ2n) is 7.61. The smallest absolute Gasteiger partial charge is 0.205 e. The highest BCUT2D eigenvalue weighted by molar-refractivity contribution is 7.09. The number of nitrogens with zero attached hydrogens (tertiary/aromatic N) is 3. The molecule has 0 atom stereocenters. The van der Waals surface area contributed by atoms with Crippen LogP contribution in [0.3, 0.4) is 0 Å². The van der Waals surface area contributed by atoms with Gasteiger partial charge in [-0.3, -0.25) is 0 Å². The quantitative estimate of drug-likeness (QED) is 0.348. The molecule has 7 heteroatoms. The number of oxime groups is 1. The summed E-state index contributed by atoms with van der Waals surface area (Å²) in [5.74, 6) is 1.09. The van der Waals surface area contributed by atoms with Crippen molar-refractivity contribution >= 4 is 28.8 Å². The fraction of sp³-hybridized carbons (Fsp3) is 0.524. The molecule has 0 N–H and O–H groups in total. The molecule has 28 heavy (non-hydrogen) atoms. The third-order valence-corrected chi connectivity index (χ3v) is 6.20. The Morgan fingerprint density at radius 2 is 1.96 bits per heavy atom. The fourth-order valence-electron chi connectivity index (χ4n) is 3.01. The number of hydrogen-bond donors (Lipinski definition) is 0. The number of ether oxygens (including phenoxy) is 1. The normalized spacial score (nSPS) is 13.1. The summed E-state index contributed by atoms with van der Waals surface area (Å²) in [6, 6.07) is 5.38. The van der Waals surface area contributed by atoms with E-state index in [2.05, 4.69) is 44.3 Å². The average Bonchev–Trinajstić information content (AvgIpc) is 2.95. The molecule has 5 nitrogen and oxygen atoms in total. The highest BCUT2D eigenvalue weighted by Gasteiger charge is 2.22. The summed E-state index contributed by atoms with van der Waals surface area (Å²) in [5, 5.41) is 4.76. The number of aromatic nitrogens is 1. The molecule has 0 spiro atoms. The zero-order chi connectivity index (χ0) is 20.9. The Labute approximate surface area is 176 Å². The maximum Gasteiger partial charge on any atom is 0.205 e. The summed E-state index contributed by atoms with van der Waals surface area (Å²) in [5.41, 5.74) is 1.99. The first-order valence-corrected chi connectivity index (χ1v) is 10.6. The summed E-state index contributed by atoms with van der Waals surface area (Å²) in [4.78, 5) is 12.2. The van der Waals surface area contributed by atoms with Crippen molar-refractivity contribution in [2.24, 2.45) is 10.1 Å². The van der Waals surface area contributed by atoms with Crippen LogP contribution in [0.1, 0.15) is 56.7 Å². The van der Waals surface area contributed by atoms with E-state index in [1.807, 2.05) is 6.07 Å². The van der Waals surface area contributed by atoms with Crippen LogP contribution in [0.25, 0.3) is 0 Å². The average molecular weight is 424 g/mol. The summed E-state index contributed by atoms with van der Waals surface area (Å²) < 4.78 is 7.76. The molecular weight excluding hydrogens is 394 g/mol. The van der Waals surface area contributed by atoms with E-state index in [0.29, 0.717) is 22.2 Å². The molecule has 0 aliphatic rings. The molecule has 0 aliphatic carbocycles. The van der Waals surface area contributed by atoms with E-state index >= 15 is 0 Å².